The molecule has 0 unspecified atom stereocenters. The number of esters is 1. The highest BCUT2D eigenvalue weighted by Gasteiger charge is 2.27. The third kappa shape index (κ3) is 2.69. The summed E-state index contributed by atoms with van der Waals surface area (Å²) in [5, 5.41) is 4.01. The predicted octanol–water partition coefficient (Wildman–Crippen LogP) is 2.26. The van der Waals surface area contributed by atoms with Crippen LogP contribution in [0.15, 0.2) is 18.2 Å². The zero-order chi connectivity index (χ0) is 15.6. The van der Waals surface area contributed by atoms with Crippen LogP contribution in [-0.2, 0) is 10.2 Å². The van der Waals surface area contributed by atoms with Crippen LogP contribution in [0.4, 0.5) is 0 Å². The monoisotopic (exact) mass is 288 g/mol. The molecule has 0 amide bonds. The van der Waals surface area contributed by atoms with Crippen LogP contribution in [-0.4, -0.2) is 37.9 Å². The van der Waals surface area contributed by atoms with Crippen molar-refractivity contribution >= 4 is 23.2 Å². The van der Waals surface area contributed by atoms with Crippen LogP contribution in [0.2, 0.25) is 0 Å². The van der Waals surface area contributed by atoms with Gasteiger partial charge in [-0.1, -0.05) is 13.8 Å². The molecule has 0 aliphatic rings. The molecule has 1 aromatic heterocycles. The number of aldehydes is 1. The minimum atomic E-state index is -0.386. The Labute approximate surface area is 123 Å². The first-order chi connectivity index (χ1) is 9.94. The molecule has 0 atom stereocenters. The summed E-state index contributed by atoms with van der Waals surface area (Å²) in [7, 11) is 3.23. The second-order valence-corrected chi connectivity index (χ2v) is 5.70. The van der Waals surface area contributed by atoms with E-state index in [0.717, 1.165) is 22.8 Å². The van der Waals surface area contributed by atoms with Gasteiger partial charge in [-0.25, -0.2) is 4.79 Å². The molecule has 2 rings (SSSR count). The fraction of sp³-hybridized carbons (Fsp3) is 0.375. The first kappa shape index (κ1) is 15.3. The van der Waals surface area contributed by atoms with Crippen molar-refractivity contribution in [1.82, 2.24) is 10.3 Å². The summed E-state index contributed by atoms with van der Waals surface area (Å²) >= 11 is 0. The number of carbonyl (C=O) groups excluding carboxylic acids is 2. The number of methoxy groups -OCH3 is 1. The SMILES string of the molecule is CNCC(C)(C)c1c(C=O)[nH]c2ccc(C(=O)OC)cc12. The lowest BCUT2D eigenvalue weighted by atomic mass is 9.82. The van der Waals surface area contributed by atoms with E-state index in [1.54, 1.807) is 18.2 Å². The molecule has 0 aliphatic heterocycles. The van der Waals surface area contributed by atoms with Crippen LogP contribution in [0.1, 0.15) is 40.3 Å². The topological polar surface area (TPSA) is 71.2 Å². The maximum atomic E-state index is 11.7. The highest BCUT2D eigenvalue weighted by Crippen LogP contribution is 2.33. The number of hydrogen-bond donors (Lipinski definition) is 2. The van der Waals surface area contributed by atoms with Gasteiger partial charge in [-0.15, -0.1) is 0 Å². The molecule has 1 aromatic carbocycles. The lowest BCUT2D eigenvalue weighted by Crippen LogP contribution is -2.31. The van der Waals surface area contributed by atoms with Crippen molar-refractivity contribution in [3.05, 3.63) is 35.0 Å². The average molecular weight is 288 g/mol. The van der Waals surface area contributed by atoms with Crippen molar-refractivity contribution in [2.75, 3.05) is 20.7 Å². The van der Waals surface area contributed by atoms with Crippen LogP contribution >= 0.6 is 0 Å². The first-order valence-electron chi connectivity index (χ1n) is 6.79. The van der Waals surface area contributed by atoms with Gasteiger partial charge in [0.05, 0.1) is 18.4 Å². The van der Waals surface area contributed by atoms with E-state index >= 15 is 0 Å². The number of hydrogen-bond acceptors (Lipinski definition) is 4. The molecular formula is C16H20N2O3. The number of aromatic nitrogens is 1. The normalized spacial score (nSPS) is 11.6. The molecule has 112 valence electrons. The summed E-state index contributed by atoms with van der Waals surface area (Å²) < 4.78 is 4.76. The van der Waals surface area contributed by atoms with E-state index in [4.69, 9.17) is 4.74 Å². The fourth-order valence-corrected chi connectivity index (χ4v) is 2.81. The number of carbonyl (C=O) groups is 2. The summed E-state index contributed by atoms with van der Waals surface area (Å²) in [5.41, 5.74) is 2.52. The van der Waals surface area contributed by atoms with Gasteiger partial charge in [0.25, 0.3) is 0 Å². The summed E-state index contributed by atoms with van der Waals surface area (Å²) in [6.45, 7) is 4.83. The highest BCUT2D eigenvalue weighted by atomic mass is 16.5. The van der Waals surface area contributed by atoms with E-state index in [1.165, 1.54) is 7.11 Å². The zero-order valence-electron chi connectivity index (χ0n) is 12.7. The molecule has 0 fully saturated rings. The minimum absolute atomic E-state index is 0.252. The number of ether oxygens (including phenoxy) is 1. The molecule has 2 N–H and O–H groups in total. The molecule has 0 spiro atoms. The minimum Gasteiger partial charge on any atom is -0.465 e. The van der Waals surface area contributed by atoms with Crippen molar-refractivity contribution in [1.29, 1.82) is 0 Å². The molecule has 5 nitrogen and oxygen atoms in total. The lowest BCUT2D eigenvalue weighted by molar-refractivity contribution is 0.0601. The second-order valence-electron chi connectivity index (χ2n) is 5.70. The summed E-state index contributed by atoms with van der Waals surface area (Å²) in [6.07, 6.45) is 0.824. The van der Waals surface area contributed by atoms with E-state index < -0.39 is 0 Å². The van der Waals surface area contributed by atoms with E-state index in [0.29, 0.717) is 17.8 Å². The molecular weight excluding hydrogens is 268 g/mol. The van der Waals surface area contributed by atoms with Crippen LogP contribution in [0.5, 0.6) is 0 Å². The first-order valence-corrected chi connectivity index (χ1v) is 6.79. The second kappa shape index (κ2) is 5.69. The van der Waals surface area contributed by atoms with Gasteiger partial charge in [0.15, 0.2) is 6.29 Å². The Morgan fingerprint density at radius 1 is 1.43 bits per heavy atom. The summed E-state index contributed by atoms with van der Waals surface area (Å²) in [6, 6.07) is 5.26. The van der Waals surface area contributed by atoms with Gasteiger partial charge in [-0.05, 0) is 30.8 Å². The molecule has 0 saturated heterocycles. The molecule has 0 radical (unpaired) electrons. The molecule has 21 heavy (non-hydrogen) atoms. The largest absolute Gasteiger partial charge is 0.465 e. The molecule has 0 aliphatic carbocycles. The fourth-order valence-electron chi connectivity index (χ4n) is 2.81. The Bertz CT molecular complexity index is 686. The molecule has 0 bridgehead atoms. The van der Waals surface area contributed by atoms with E-state index in [-0.39, 0.29) is 11.4 Å². The van der Waals surface area contributed by atoms with Crippen molar-refractivity contribution < 1.29 is 14.3 Å². The highest BCUT2D eigenvalue weighted by molar-refractivity contribution is 5.99. The number of rotatable bonds is 5. The average Bonchev–Trinajstić information content (AvgIpc) is 2.84. The van der Waals surface area contributed by atoms with Gasteiger partial charge in [-0.3, -0.25) is 4.79 Å². The van der Waals surface area contributed by atoms with E-state index in [1.807, 2.05) is 7.05 Å². The number of H-pyrrole nitrogens is 1. The van der Waals surface area contributed by atoms with Crippen LogP contribution in [0, 0.1) is 0 Å². The van der Waals surface area contributed by atoms with Gasteiger partial charge in [0, 0.05) is 22.9 Å². The maximum Gasteiger partial charge on any atom is 0.337 e. The molecule has 2 aromatic rings. The van der Waals surface area contributed by atoms with Crippen LogP contribution in [0.25, 0.3) is 10.9 Å². The predicted molar refractivity (Wildman–Crippen MR) is 82.0 cm³/mol. The van der Waals surface area contributed by atoms with Crippen molar-refractivity contribution in [2.45, 2.75) is 19.3 Å². The number of nitrogens with one attached hydrogen (secondary N) is 2. The Morgan fingerprint density at radius 2 is 2.14 bits per heavy atom. The maximum absolute atomic E-state index is 11.7. The lowest BCUT2D eigenvalue weighted by Gasteiger charge is -2.25. The molecule has 1 heterocycles. The van der Waals surface area contributed by atoms with Gasteiger partial charge >= 0.3 is 5.97 Å². The molecule has 0 saturated carbocycles. The number of fused-ring (bicyclic) bond motifs is 1. The summed E-state index contributed by atoms with van der Waals surface area (Å²) in [5.74, 6) is -0.386. The molecule has 5 heteroatoms. The number of likely N-dealkylation sites (N-methyl/N-ethyl adjacent to an activating group) is 1. The Kier molecular flexibility index (Phi) is 4.14. The van der Waals surface area contributed by atoms with Crippen molar-refractivity contribution in [2.24, 2.45) is 0 Å². The Morgan fingerprint density at radius 3 is 2.71 bits per heavy atom. The van der Waals surface area contributed by atoms with Crippen LogP contribution < -0.4 is 5.32 Å². The summed E-state index contributed by atoms with van der Waals surface area (Å²) in [4.78, 5) is 26.2. The van der Waals surface area contributed by atoms with E-state index in [9.17, 15) is 9.59 Å². The Balaban J connectivity index is 2.71. The van der Waals surface area contributed by atoms with Crippen LogP contribution in [0.3, 0.4) is 0 Å². The third-order valence-electron chi connectivity index (χ3n) is 3.66. The van der Waals surface area contributed by atoms with Crippen molar-refractivity contribution in [3.8, 4) is 0 Å². The van der Waals surface area contributed by atoms with E-state index in [2.05, 4.69) is 24.1 Å². The Hall–Kier alpha value is -2.14. The van der Waals surface area contributed by atoms with Crippen molar-refractivity contribution in [3.63, 3.8) is 0 Å². The number of aromatic amines is 1. The smallest absolute Gasteiger partial charge is 0.337 e. The quantitative estimate of drug-likeness (QED) is 0.654. The van der Waals surface area contributed by atoms with Gasteiger partial charge in [-0.2, -0.15) is 0 Å². The van der Waals surface area contributed by atoms with Gasteiger partial charge in [0.2, 0.25) is 0 Å². The van der Waals surface area contributed by atoms with Gasteiger partial charge < -0.3 is 15.0 Å². The zero-order valence-corrected chi connectivity index (χ0v) is 12.7. The standard InChI is InChI=1S/C16H20N2O3/c1-16(2,9-17-3)14-11-7-10(15(20)21-4)5-6-12(11)18-13(14)8-19/h5-8,17-18H,9H2,1-4H3. The van der Waals surface area contributed by atoms with Gasteiger partial charge in [0.1, 0.15) is 0 Å². The third-order valence-corrected chi connectivity index (χ3v) is 3.66. The number of benzene rings is 1.